The summed E-state index contributed by atoms with van der Waals surface area (Å²) in [5.41, 5.74) is 0. The van der Waals surface area contributed by atoms with Gasteiger partial charge in [-0.1, -0.05) is 0 Å². The van der Waals surface area contributed by atoms with Crippen LogP contribution in [0.2, 0.25) is 0 Å². The van der Waals surface area contributed by atoms with Gasteiger partial charge in [-0.25, -0.2) is 0 Å². The van der Waals surface area contributed by atoms with Gasteiger partial charge in [0.25, 0.3) is 0 Å². The predicted octanol–water partition coefficient (Wildman–Crippen LogP) is 0.353. The number of ether oxygens (including phenoxy) is 1. The van der Waals surface area contributed by atoms with E-state index < -0.39 is 6.04 Å². The second kappa shape index (κ2) is 7.76. The van der Waals surface area contributed by atoms with Gasteiger partial charge in [-0.15, -0.1) is 0 Å². The van der Waals surface area contributed by atoms with Crippen molar-refractivity contribution in [1.29, 1.82) is 0 Å². The summed E-state index contributed by atoms with van der Waals surface area (Å²) in [5, 5.41) is 11.6. The van der Waals surface area contributed by atoms with E-state index in [1.807, 2.05) is 0 Å². The third kappa shape index (κ3) is 5.37. The molecule has 2 N–H and O–H groups in total. The number of ketones is 1. The molecule has 18 heavy (non-hydrogen) atoms. The molecule has 0 aromatic rings. The van der Waals surface area contributed by atoms with E-state index in [9.17, 15) is 9.59 Å². The number of rotatable bonds is 7. The van der Waals surface area contributed by atoms with Gasteiger partial charge in [0.2, 0.25) is 5.91 Å². The topological polar surface area (TPSA) is 75.6 Å². The fraction of sp³-hybridized carbons (Fsp3) is 0.833. The van der Waals surface area contributed by atoms with Gasteiger partial charge >= 0.3 is 0 Å². The van der Waals surface area contributed by atoms with Crippen LogP contribution in [-0.4, -0.2) is 53.2 Å². The number of thioether (sulfide) groups is 1. The van der Waals surface area contributed by atoms with Crippen molar-refractivity contribution < 1.29 is 19.4 Å². The third-order valence-electron chi connectivity index (χ3n) is 2.86. The molecule has 6 heteroatoms. The molecular weight excluding hydrogens is 254 g/mol. The fourth-order valence-electron chi connectivity index (χ4n) is 1.86. The van der Waals surface area contributed by atoms with Crippen LogP contribution in [0.3, 0.4) is 0 Å². The average molecular weight is 275 g/mol. The Balaban J connectivity index is 2.22. The number of aliphatic hydroxyl groups excluding tert-OH is 1. The summed E-state index contributed by atoms with van der Waals surface area (Å²) in [6, 6.07) is -0.414. The van der Waals surface area contributed by atoms with Crippen LogP contribution in [0.5, 0.6) is 0 Å². The molecule has 0 aromatic carbocycles. The van der Waals surface area contributed by atoms with Crippen molar-refractivity contribution in [2.75, 3.05) is 18.1 Å². The maximum atomic E-state index is 11.3. The van der Waals surface area contributed by atoms with E-state index in [0.29, 0.717) is 5.75 Å². The minimum Gasteiger partial charge on any atom is -0.394 e. The van der Waals surface area contributed by atoms with Crippen LogP contribution in [-0.2, 0) is 14.3 Å². The Bertz CT molecular complexity index is 298. The van der Waals surface area contributed by atoms with E-state index >= 15 is 0 Å². The number of nitrogens with one attached hydrogen (secondary N) is 1. The fourth-order valence-corrected chi connectivity index (χ4v) is 3.06. The summed E-state index contributed by atoms with van der Waals surface area (Å²) >= 11 is 1.60. The van der Waals surface area contributed by atoms with Gasteiger partial charge < -0.3 is 15.2 Å². The first-order valence-electron chi connectivity index (χ1n) is 6.14. The number of aliphatic hydroxyl groups is 1. The molecule has 1 amide bonds. The number of hydrogen-bond donors (Lipinski definition) is 2. The van der Waals surface area contributed by atoms with Gasteiger partial charge in [-0.2, -0.15) is 11.8 Å². The van der Waals surface area contributed by atoms with Crippen molar-refractivity contribution in [2.45, 2.75) is 44.9 Å². The molecule has 0 saturated carbocycles. The Kier molecular flexibility index (Phi) is 6.67. The summed E-state index contributed by atoms with van der Waals surface area (Å²) < 4.78 is 5.59. The Morgan fingerprint density at radius 1 is 1.39 bits per heavy atom. The number of carbonyl (C=O) groups excluding carboxylic acids is 2. The number of hydrogen-bond acceptors (Lipinski definition) is 5. The molecule has 1 fully saturated rings. The highest BCUT2D eigenvalue weighted by molar-refractivity contribution is 7.99. The first-order chi connectivity index (χ1) is 8.52. The highest BCUT2D eigenvalue weighted by Crippen LogP contribution is 2.22. The smallest absolute Gasteiger partial charge is 0.217 e. The monoisotopic (exact) mass is 275 g/mol. The predicted molar refractivity (Wildman–Crippen MR) is 70.6 cm³/mol. The largest absolute Gasteiger partial charge is 0.394 e. The summed E-state index contributed by atoms with van der Waals surface area (Å²) in [7, 11) is 0. The van der Waals surface area contributed by atoms with Crippen molar-refractivity contribution >= 4 is 23.5 Å². The highest BCUT2D eigenvalue weighted by atomic mass is 32.2. The zero-order valence-electron chi connectivity index (χ0n) is 10.8. The van der Waals surface area contributed by atoms with Crippen LogP contribution in [0.15, 0.2) is 0 Å². The second-order valence-corrected chi connectivity index (χ2v) is 5.62. The standard InChI is InChI=1S/C12H21NO4S/c1-8(15)12(13-9(2)16)7-18-6-11-4-3-10(5-14)17-11/h10-12,14H,3-7H2,1-2H3,(H,13,16)/t10-,11+,12-/m0/s1. The van der Waals surface area contributed by atoms with E-state index in [1.54, 1.807) is 11.8 Å². The first-order valence-corrected chi connectivity index (χ1v) is 7.30. The SMILES string of the molecule is CC(=O)N[C@@H](CSC[C@H]1CC[C@@H](CO)O1)C(C)=O. The molecule has 1 saturated heterocycles. The normalized spacial score (nSPS) is 24.8. The minimum atomic E-state index is -0.414. The molecule has 0 spiro atoms. The van der Waals surface area contributed by atoms with Crippen LogP contribution in [0, 0.1) is 0 Å². The summed E-state index contributed by atoms with van der Waals surface area (Å²) in [6.45, 7) is 2.96. The quantitative estimate of drug-likeness (QED) is 0.701. The lowest BCUT2D eigenvalue weighted by atomic mass is 10.2. The average Bonchev–Trinajstić information content (AvgIpc) is 2.75. The first kappa shape index (κ1) is 15.5. The molecule has 0 unspecified atom stereocenters. The van der Waals surface area contributed by atoms with Crippen molar-refractivity contribution in [2.24, 2.45) is 0 Å². The van der Waals surface area contributed by atoms with E-state index in [4.69, 9.17) is 9.84 Å². The van der Waals surface area contributed by atoms with Crippen LogP contribution in [0.1, 0.15) is 26.7 Å². The molecule has 0 bridgehead atoms. The maximum absolute atomic E-state index is 11.3. The van der Waals surface area contributed by atoms with Gasteiger partial charge in [0.05, 0.1) is 24.9 Å². The molecule has 1 heterocycles. The van der Waals surface area contributed by atoms with E-state index in [2.05, 4.69) is 5.32 Å². The lowest BCUT2D eigenvalue weighted by molar-refractivity contribution is -0.125. The third-order valence-corrected chi connectivity index (χ3v) is 4.03. The van der Waals surface area contributed by atoms with Crippen molar-refractivity contribution in [3.8, 4) is 0 Å². The lowest BCUT2D eigenvalue weighted by Crippen LogP contribution is -2.40. The van der Waals surface area contributed by atoms with Gasteiger partial charge in [0.15, 0.2) is 5.78 Å². The Hall–Kier alpha value is -0.590. The maximum Gasteiger partial charge on any atom is 0.217 e. The van der Waals surface area contributed by atoms with E-state index in [0.717, 1.165) is 18.6 Å². The zero-order chi connectivity index (χ0) is 13.5. The second-order valence-electron chi connectivity index (χ2n) is 4.54. The summed E-state index contributed by atoms with van der Waals surface area (Å²) in [4.78, 5) is 22.2. The summed E-state index contributed by atoms with van der Waals surface area (Å²) in [5.74, 6) is 1.14. The number of amides is 1. The minimum absolute atomic E-state index is 0.0294. The molecule has 1 aliphatic rings. The van der Waals surface area contributed by atoms with Crippen LogP contribution in [0.25, 0.3) is 0 Å². The highest BCUT2D eigenvalue weighted by Gasteiger charge is 2.25. The number of carbonyl (C=O) groups is 2. The molecule has 1 aliphatic heterocycles. The van der Waals surface area contributed by atoms with Gasteiger partial charge in [0, 0.05) is 18.4 Å². The van der Waals surface area contributed by atoms with Crippen LogP contribution >= 0.6 is 11.8 Å². The van der Waals surface area contributed by atoms with E-state index in [-0.39, 0.29) is 30.5 Å². The molecule has 5 nitrogen and oxygen atoms in total. The Morgan fingerprint density at radius 2 is 2.06 bits per heavy atom. The van der Waals surface area contributed by atoms with Crippen molar-refractivity contribution in [3.05, 3.63) is 0 Å². The lowest BCUT2D eigenvalue weighted by Gasteiger charge is -2.16. The Labute approximate surface area is 112 Å². The van der Waals surface area contributed by atoms with Crippen LogP contribution in [0.4, 0.5) is 0 Å². The molecule has 3 atom stereocenters. The van der Waals surface area contributed by atoms with Crippen molar-refractivity contribution in [1.82, 2.24) is 5.32 Å². The molecular formula is C12H21NO4S. The molecule has 0 aliphatic carbocycles. The molecule has 104 valence electrons. The summed E-state index contributed by atoms with van der Waals surface area (Å²) in [6.07, 6.45) is 1.96. The van der Waals surface area contributed by atoms with Crippen LogP contribution < -0.4 is 5.32 Å². The van der Waals surface area contributed by atoms with Crippen molar-refractivity contribution in [3.63, 3.8) is 0 Å². The van der Waals surface area contributed by atoms with Gasteiger partial charge in [-0.05, 0) is 19.8 Å². The molecule has 0 aromatic heterocycles. The molecule has 1 rings (SSSR count). The zero-order valence-corrected chi connectivity index (χ0v) is 11.7. The van der Waals surface area contributed by atoms with Gasteiger partial charge in [-0.3, -0.25) is 9.59 Å². The van der Waals surface area contributed by atoms with E-state index in [1.165, 1.54) is 13.8 Å². The molecule has 0 radical (unpaired) electrons. The van der Waals surface area contributed by atoms with Gasteiger partial charge in [0.1, 0.15) is 0 Å². The Morgan fingerprint density at radius 3 is 2.56 bits per heavy atom. The number of Topliss-reactive ketones (excluding diaryl/α,β-unsaturated/α-hetero) is 1.